The summed E-state index contributed by atoms with van der Waals surface area (Å²) in [5.41, 5.74) is 1.97. The van der Waals surface area contributed by atoms with Crippen molar-refractivity contribution in [3.63, 3.8) is 0 Å². The first-order chi connectivity index (χ1) is 15.5. The lowest BCUT2D eigenvalue weighted by Crippen LogP contribution is -2.12. The molecule has 0 radical (unpaired) electrons. The summed E-state index contributed by atoms with van der Waals surface area (Å²) in [5, 5.41) is 41.7. The van der Waals surface area contributed by atoms with E-state index in [9.17, 15) is 9.90 Å². The summed E-state index contributed by atoms with van der Waals surface area (Å²) >= 11 is 1.09. The number of aromatic nitrogens is 1. The molecular weight excluding hydrogens is 426 g/mol. The van der Waals surface area contributed by atoms with Gasteiger partial charge in [-0.15, -0.1) is 10.2 Å². The Bertz CT molecular complexity index is 1390. The number of nitrogens with one attached hydrogen (secondary N) is 1. The normalized spacial score (nSPS) is 11.0. The number of fused-ring (bicyclic) bond motifs is 1. The number of amides is 1. The van der Waals surface area contributed by atoms with Crippen LogP contribution in [0.4, 0.5) is 16.5 Å². The Hall–Kier alpha value is -4.13. The van der Waals surface area contributed by atoms with Gasteiger partial charge in [-0.05, 0) is 36.1 Å². The summed E-state index contributed by atoms with van der Waals surface area (Å²) < 4.78 is 0. The molecule has 9 heteroatoms. The van der Waals surface area contributed by atoms with Crippen LogP contribution >= 0.6 is 11.3 Å². The molecule has 1 amide bonds. The summed E-state index contributed by atoms with van der Waals surface area (Å²) in [7, 11) is 0. The number of phenols is 1. The van der Waals surface area contributed by atoms with E-state index in [1.165, 1.54) is 0 Å². The SMILES string of the molecule is Cc1nc(/N=N/c2c(O)c(C(=O)Nc3ccc(CO)cc3)cc3ccccc23)sc1C#N. The molecule has 0 saturated heterocycles. The van der Waals surface area contributed by atoms with Crippen molar-refractivity contribution < 1.29 is 15.0 Å². The monoisotopic (exact) mass is 443 g/mol. The molecule has 1 heterocycles. The maximum atomic E-state index is 12.9. The minimum atomic E-state index is -0.515. The number of anilines is 1. The van der Waals surface area contributed by atoms with Crippen LogP contribution in [-0.2, 0) is 6.61 Å². The molecule has 4 aromatic rings. The molecule has 0 atom stereocenters. The van der Waals surface area contributed by atoms with Crippen LogP contribution in [0.2, 0.25) is 0 Å². The van der Waals surface area contributed by atoms with Gasteiger partial charge in [0.1, 0.15) is 16.6 Å². The first kappa shape index (κ1) is 21.1. The van der Waals surface area contributed by atoms with Gasteiger partial charge in [-0.3, -0.25) is 4.79 Å². The minimum Gasteiger partial charge on any atom is -0.505 e. The van der Waals surface area contributed by atoms with Gasteiger partial charge < -0.3 is 15.5 Å². The molecule has 0 aliphatic carbocycles. The number of rotatable bonds is 5. The number of carbonyl (C=O) groups is 1. The third-order valence-electron chi connectivity index (χ3n) is 4.76. The number of benzene rings is 3. The summed E-state index contributed by atoms with van der Waals surface area (Å²) in [5.74, 6) is -0.830. The number of hydrogen-bond donors (Lipinski definition) is 3. The zero-order chi connectivity index (χ0) is 22.7. The fourth-order valence-electron chi connectivity index (χ4n) is 3.11. The van der Waals surface area contributed by atoms with Gasteiger partial charge in [0.2, 0.25) is 5.13 Å². The second-order valence-corrected chi connectivity index (χ2v) is 7.85. The summed E-state index contributed by atoms with van der Waals surface area (Å²) in [6.07, 6.45) is 0. The van der Waals surface area contributed by atoms with E-state index in [1.807, 2.05) is 18.2 Å². The molecule has 0 saturated carbocycles. The maximum Gasteiger partial charge on any atom is 0.259 e. The molecule has 8 nitrogen and oxygen atoms in total. The van der Waals surface area contributed by atoms with Crippen molar-refractivity contribution in [3.05, 3.63) is 76.3 Å². The Morgan fingerprint density at radius 3 is 2.62 bits per heavy atom. The van der Waals surface area contributed by atoms with Gasteiger partial charge in [0, 0.05) is 11.1 Å². The molecule has 0 aliphatic rings. The zero-order valence-corrected chi connectivity index (χ0v) is 17.7. The minimum absolute atomic E-state index is 0.0388. The molecule has 0 fully saturated rings. The second-order valence-electron chi connectivity index (χ2n) is 6.87. The van der Waals surface area contributed by atoms with Gasteiger partial charge in [0.25, 0.3) is 5.91 Å². The topological polar surface area (TPSA) is 131 Å². The molecule has 3 N–H and O–H groups in total. The van der Waals surface area contributed by atoms with Gasteiger partial charge in [0.15, 0.2) is 5.75 Å². The maximum absolute atomic E-state index is 12.9. The molecule has 32 heavy (non-hydrogen) atoms. The van der Waals surface area contributed by atoms with Crippen LogP contribution < -0.4 is 5.32 Å². The Balaban J connectivity index is 1.73. The van der Waals surface area contributed by atoms with Crippen LogP contribution in [0.3, 0.4) is 0 Å². The number of aliphatic hydroxyl groups excluding tert-OH is 1. The number of carbonyl (C=O) groups excluding carboxylic acids is 1. The lowest BCUT2D eigenvalue weighted by Gasteiger charge is -2.11. The molecule has 0 spiro atoms. The third-order valence-corrected chi connectivity index (χ3v) is 5.70. The summed E-state index contributed by atoms with van der Waals surface area (Å²) in [4.78, 5) is 17.5. The average Bonchev–Trinajstić information content (AvgIpc) is 3.18. The largest absolute Gasteiger partial charge is 0.505 e. The predicted molar refractivity (Wildman–Crippen MR) is 122 cm³/mol. The Labute approximate surface area is 187 Å². The Morgan fingerprint density at radius 1 is 1.19 bits per heavy atom. The number of aryl methyl sites for hydroxylation is 1. The van der Waals surface area contributed by atoms with E-state index < -0.39 is 5.91 Å². The fraction of sp³-hybridized carbons (Fsp3) is 0.0870. The lowest BCUT2D eigenvalue weighted by atomic mass is 10.0. The first-order valence-electron chi connectivity index (χ1n) is 9.55. The van der Waals surface area contributed by atoms with Crippen molar-refractivity contribution in [2.24, 2.45) is 10.2 Å². The molecule has 3 aromatic carbocycles. The third kappa shape index (κ3) is 4.18. The molecule has 1 aromatic heterocycles. The first-order valence-corrected chi connectivity index (χ1v) is 10.4. The summed E-state index contributed by atoms with van der Waals surface area (Å²) in [6, 6.07) is 17.5. The zero-order valence-electron chi connectivity index (χ0n) is 16.9. The van der Waals surface area contributed by atoms with Crippen molar-refractivity contribution in [2.75, 3.05) is 5.32 Å². The van der Waals surface area contributed by atoms with Crippen LogP contribution in [-0.4, -0.2) is 21.1 Å². The predicted octanol–water partition coefficient (Wildman–Crippen LogP) is 5.34. The van der Waals surface area contributed by atoms with Crippen molar-refractivity contribution in [2.45, 2.75) is 13.5 Å². The van der Waals surface area contributed by atoms with E-state index in [0.29, 0.717) is 27.0 Å². The van der Waals surface area contributed by atoms with E-state index in [1.54, 1.807) is 49.4 Å². The van der Waals surface area contributed by atoms with Crippen LogP contribution in [0.1, 0.15) is 26.5 Å². The van der Waals surface area contributed by atoms with Gasteiger partial charge in [-0.25, -0.2) is 4.98 Å². The van der Waals surface area contributed by atoms with Gasteiger partial charge in [0.05, 0.1) is 17.9 Å². The molecule has 4 rings (SSSR count). The van der Waals surface area contributed by atoms with Gasteiger partial charge in [-0.1, -0.05) is 47.7 Å². The number of hydrogen-bond acceptors (Lipinski definition) is 8. The average molecular weight is 443 g/mol. The van der Waals surface area contributed by atoms with E-state index in [0.717, 1.165) is 16.9 Å². The van der Waals surface area contributed by atoms with E-state index >= 15 is 0 Å². The van der Waals surface area contributed by atoms with Gasteiger partial charge in [-0.2, -0.15) is 5.26 Å². The highest BCUT2D eigenvalue weighted by Crippen LogP contribution is 2.40. The second kappa shape index (κ2) is 8.93. The number of phenolic OH excluding ortho intramolecular Hbond substituents is 1. The van der Waals surface area contributed by atoms with E-state index in [2.05, 4.69) is 20.5 Å². The van der Waals surface area contributed by atoms with Crippen LogP contribution in [0.15, 0.2) is 64.8 Å². The van der Waals surface area contributed by atoms with Crippen LogP contribution in [0, 0.1) is 18.3 Å². The van der Waals surface area contributed by atoms with E-state index in [-0.39, 0.29) is 28.7 Å². The van der Waals surface area contributed by atoms with Crippen LogP contribution in [0.25, 0.3) is 10.8 Å². The number of nitrogens with zero attached hydrogens (tertiary/aromatic N) is 4. The number of nitriles is 1. The quantitative estimate of drug-likeness (QED) is 0.358. The number of aromatic hydroxyl groups is 1. The molecule has 0 aliphatic heterocycles. The lowest BCUT2D eigenvalue weighted by molar-refractivity contribution is 0.102. The molecular formula is C23H17N5O3S. The van der Waals surface area contributed by atoms with Crippen molar-refractivity contribution >= 4 is 44.5 Å². The summed E-state index contributed by atoms with van der Waals surface area (Å²) in [6.45, 7) is 1.61. The van der Waals surface area contributed by atoms with Crippen LogP contribution in [0.5, 0.6) is 5.75 Å². The number of azo groups is 1. The number of aliphatic hydroxyl groups is 1. The Kier molecular flexibility index (Phi) is 5.89. The highest BCUT2D eigenvalue weighted by molar-refractivity contribution is 7.15. The smallest absolute Gasteiger partial charge is 0.259 e. The van der Waals surface area contributed by atoms with Gasteiger partial charge >= 0.3 is 0 Å². The van der Waals surface area contributed by atoms with Crippen molar-refractivity contribution in [1.29, 1.82) is 5.26 Å². The van der Waals surface area contributed by atoms with Crippen molar-refractivity contribution in [1.82, 2.24) is 4.98 Å². The standard InChI is InChI=1S/C23H17N5O3S/c1-13-19(11-24)32-23(25-13)28-27-20-17-5-3-2-4-15(17)10-18(21(20)30)22(31)26-16-8-6-14(12-29)7-9-16/h2-10,29-30H,12H2,1H3,(H,26,31)/b28-27+. The molecule has 0 bridgehead atoms. The highest BCUT2D eigenvalue weighted by atomic mass is 32.1. The fourth-order valence-corrected chi connectivity index (χ4v) is 3.79. The number of thiazole rings is 1. The molecule has 0 unspecified atom stereocenters. The van der Waals surface area contributed by atoms with Crippen molar-refractivity contribution in [3.8, 4) is 11.8 Å². The molecule has 158 valence electrons. The van der Waals surface area contributed by atoms with E-state index in [4.69, 9.17) is 10.4 Å². The highest BCUT2D eigenvalue weighted by Gasteiger charge is 2.19. The Morgan fingerprint density at radius 2 is 1.94 bits per heavy atom.